The number of ether oxygens (including phenoxy) is 1. The molecule has 1 aromatic carbocycles. The number of carboxylic acids is 1. The lowest BCUT2D eigenvalue weighted by atomic mass is 9.90. The van der Waals surface area contributed by atoms with Gasteiger partial charge in [-0.25, -0.2) is 9.48 Å². The van der Waals surface area contributed by atoms with Crippen molar-refractivity contribution in [2.75, 3.05) is 6.61 Å². The van der Waals surface area contributed by atoms with Gasteiger partial charge in [0.1, 0.15) is 5.75 Å². The minimum absolute atomic E-state index is 0.0250. The van der Waals surface area contributed by atoms with Crippen LogP contribution in [0.1, 0.15) is 48.9 Å². The predicted molar refractivity (Wildman–Crippen MR) is 87.0 cm³/mol. The molecule has 0 aliphatic rings. The van der Waals surface area contributed by atoms with Crippen LogP contribution in [0.25, 0.3) is 0 Å². The smallest absolute Gasteiger partial charge is 0.358 e. The van der Waals surface area contributed by atoms with Crippen LogP contribution in [0.15, 0.2) is 24.3 Å². The van der Waals surface area contributed by atoms with Crippen molar-refractivity contribution < 1.29 is 14.6 Å². The lowest BCUT2D eigenvalue weighted by molar-refractivity contribution is 0.0687. The highest BCUT2D eigenvalue weighted by Crippen LogP contribution is 2.24. The monoisotopic (exact) mass is 317 g/mol. The Kier molecular flexibility index (Phi) is 5.03. The van der Waals surface area contributed by atoms with Crippen LogP contribution in [0.5, 0.6) is 5.75 Å². The van der Waals surface area contributed by atoms with E-state index in [-0.39, 0.29) is 11.1 Å². The molecular weight excluding hydrogens is 294 g/mol. The summed E-state index contributed by atoms with van der Waals surface area (Å²) in [5.74, 6) is -0.214. The Morgan fingerprint density at radius 1 is 1.26 bits per heavy atom. The standard InChI is InChI=1S/C17H23N3O3/c1-12-6-8-13(9-7-12)23-11-5-10-20-15(17(2,3)4)14(16(21)22)18-19-20/h6-9H,5,10-11H2,1-4H3,(H,21,22). The summed E-state index contributed by atoms with van der Waals surface area (Å²) in [6, 6.07) is 7.88. The molecule has 0 saturated heterocycles. The highest BCUT2D eigenvalue weighted by molar-refractivity contribution is 5.86. The fourth-order valence-electron chi connectivity index (χ4n) is 2.39. The maximum absolute atomic E-state index is 11.3. The second-order valence-electron chi connectivity index (χ2n) is 6.58. The number of carboxylic acid groups (broad SMARTS) is 1. The number of rotatable bonds is 6. The number of hydrogen-bond donors (Lipinski definition) is 1. The molecule has 0 aliphatic carbocycles. The molecular formula is C17H23N3O3. The summed E-state index contributed by atoms with van der Waals surface area (Å²) < 4.78 is 7.35. The van der Waals surface area contributed by atoms with Gasteiger partial charge >= 0.3 is 5.97 Å². The topological polar surface area (TPSA) is 77.2 Å². The molecule has 0 spiro atoms. The number of carbonyl (C=O) groups is 1. The van der Waals surface area contributed by atoms with E-state index in [1.165, 1.54) is 5.56 Å². The first-order valence-corrected chi connectivity index (χ1v) is 7.66. The second-order valence-corrected chi connectivity index (χ2v) is 6.58. The lowest BCUT2D eigenvalue weighted by Gasteiger charge is -2.20. The van der Waals surface area contributed by atoms with Crippen molar-refractivity contribution in [2.24, 2.45) is 0 Å². The van der Waals surface area contributed by atoms with E-state index in [4.69, 9.17) is 4.74 Å². The van der Waals surface area contributed by atoms with E-state index in [0.29, 0.717) is 18.8 Å². The molecule has 23 heavy (non-hydrogen) atoms. The summed E-state index contributed by atoms with van der Waals surface area (Å²) in [5.41, 5.74) is 1.52. The van der Waals surface area contributed by atoms with Crippen molar-refractivity contribution in [3.8, 4) is 5.75 Å². The van der Waals surface area contributed by atoms with Gasteiger partial charge < -0.3 is 9.84 Å². The Hall–Kier alpha value is -2.37. The van der Waals surface area contributed by atoms with Crippen molar-refractivity contribution in [3.05, 3.63) is 41.2 Å². The number of nitrogens with zero attached hydrogens (tertiary/aromatic N) is 3. The van der Waals surface area contributed by atoms with Crippen molar-refractivity contribution in [1.29, 1.82) is 0 Å². The summed E-state index contributed by atoms with van der Waals surface area (Å²) in [6.45, 7) is 9.00. The molecule has 6 heteroatoms. The van der Waals surface area contributed by atoms with E-state index in [1.807, 2.05) is 52.0 Å². The van der Waals surface area contributed by atoms with Gasteiger partial charge in [0.2, 0.25) is 0 Å². The van der Waals surface area contributed by atoms with Crippen LogP contribution >= 0.6 is 0 Å². The summed E-state index contributed by atoms with van der Waals surface area (Å²) in [6.07, 6.45) is 0.722. The second kappa shape index (κ2) is 6.81. The molecule has 0 bridgehead atoms. The van der Waals surface area contributed by atoms with Crippen LogP contribution in [0.2, 0.25) is 0 Å². The van der Waals surface area contributed by atoms with Crippen LogP contribution in [-0.4, -0.2) is 32.7 Å². The van der Waals surface area contributed by atoms with Gasteiger partial charge in [-0.15, -0.1) is 5.10 Å². The van der Waals surface area contributed by atoms with Crippen molar-refractivity contribution in [3.63, 3.8) is 0 Å². The van der Waals surface area contributed by atoms with Crippen molar-refractivity contribution in [2.45, 2.75) is 46.1 Å². The third-order valence-corrected chi connectivity index (χ3v) is 3.45. The fourth-order valence-corrected chi connectivity index (χ4v) is 2.39. The Morgan fingerprint density at radius 3 is 2.48 bits per heavy atom. The first-order chi connectivity index (χ1) is 10.8. The number of aromatic nitrogens is 3. The molecule has 124 valence electrons. The van der Waals surface area contributed by atoms with Gasteiger partial charge in [0.05, 0.1) is 12.3 Å². The zero-order valence-corrected chi connectivity index (χ0v) is 14.0. The van der Waals surface area contributed by atoms with Crippen LogP contribution in [0.4, 0.5) is 0 Å². The number of hydrogen-bond acceptors (Lipinski definition) is 4. The average Bonchev–Trinajstić information content (AvgIpc) is 2.90. The van der Waals surface area contributed by atoms with Gasteiger partial charge in [-0.1, -0.05) is 43.7 Å². The molecule has 2 rings (SSSR count). The van der Waals surface area contributed by atoms with Gasteiger partial charge in [0, 0.05) is 18.4 Å². The Labute approximate surface area is 136 Å². The van der Waals surface area contributed by atoms with Gasteiger partial charge in [-0.05, 0) is 19.1 Å². The first kappa shape index (κ1) is 17.0. The summed E-state index contributed by atoms with van der Waals surface area (Å²) in [5, 5.41) is 17.0. The fraction of sp³-hybridized carbons (Fsp3) is 0.471. The maximum atomic E-state index is 11.3. The normalized spacial score (nSPS) is 11.5. The SMILES string of the molecule is Cc1ccc(OCCCn2nnc(C(=O)O)c2C(C)(C)C)cc1. The molecule has 1 heterocycles. The third-order valence-electron chi connectivity index (χ3n) is 3.45. The molecule has 1 aromatic heterocycles. The van der Waals surface area contributed by atoms with E-state index in [1.54, 1.807) is 4.68 Å². The lowest BCUT2D eigenvalue weighted by Crippen LogP contribution is -2.22. The highest BCUT2D eigenvalue weighted by Gasteiger charge is 2.28. The minimum Gasteiger partial charge on any atom is -0.494 e. The van der Waals surface area contributed by atoms with Crippen LogP contribution in [-0.2, 0) is 12.0 Å². The number of aromatic carboxylic acids is 1. The largest absolute Gasteiger partial charge is 0.494 e. The number of benzene rings is 1. The van der Waals surface area contributed by atoms with Crippen LogP contribution < -0.4 is 4.74 Å². The van der Waals surface area contributed by atoms with E-state index in [2.05, 4.69) is 10.3 Å². The van der Waals surface area contributed by atoms with E-state index in [0.717, 1.165) is 12.2 Å². The molecule has 2 aromatic rings. The highest BCUT2D eigenvalue weighted by atomic mass is 16.5. The van der Waals surface area contributed by atoms with E-state index >= 15 is 0 Å². The Bertz CT molecular complexity index is 669. The molecule has 0 atom stereocenters. The quantitative estimate of drug-likeness (QED) is 0.829. The van der Waals surface area contributed by atoms with E-state index in [9.17, 15) is 9.90 Å². The molecule has 0 aliphatic heterocycles. The van der Waals surface area contributed by atoms with Crippen molar-refractivity contribution in [1.82, 2.24) is 15.0 Å². The van der Waals surface area contributed by atoms with Gasteiger partial charge in [-0.3, -0.25) is 0 Å². The predicted octanol–water partition coefficient (Wildman–Crippen LogP) is 3.05. The molecule has 0 fully saturated rings. The van der Waals surface area contributed by atoms with Crippen molar-refractivity contribution >= 4 is 5.97 Å². The summed E-state index contributed by atoms with van der Waals surface area (Å²) >= 11 is 0. The van der Waals surface area contributed by atoms with Gasteiger partial charge in [0.15, 0.2) is 5.69 Å². The summed E-state index contributed by atoms with van der Waals surface area (Å²) in [4.78, 5) is 11.3. The van der Waals surface area contributed by atoms with E-state index < -0.39 is 5.97 Å². The molecule has 0 saturated carbocycles. The first-order valence-electron chi connectivity index (χ1n) is 7.66. The van der Waals surface area contributed by atoms with Crippen LogP contribution in [0, 0.1) is 6.92 Å². The number of aryl methyl sites for hydroxylation is 2. The molecule has 0 amide bonds. The van der Waals surface area contributed by atoms with Gasteiger partial charge in [0.25, 0.3) is 0 Å². The Morgan fingerprint density at radius 2 is 1.91 bits per heavy atom. The molecule has 0 radical (unpaired) electrons. The minimum atomic E-state index is -1.04. The molecule has 0 unspecified atom stereocenters. The zero-order valence-electron chi connectivity index (χ0n) is 14.0. The third kappa shape index (κ3) is 4.31. The average molecular weight is 317 g/mol. The Balaban J connectivity index is 1.98. The summed E-state index contributed by atoms with van der Waals surface area (Å²) in [7, 11) is 0. The molecule has 1 N–H and O–H groups in total. The maximum Gasteiger partial charge on any atom is 0.358 e. The van der Waals surface area contributed by atoms with Crippen LogP contribution in [0.3, 0.4) is 0 Å². The molecule has 6 nitrogen and oxygen atoms in total. The van der Waals surface area contributed by atoms with Gasteiger partial charge in [-0.2, -0.15) is 0 Å². The zero-order chi connectivity index (χ0) is 17.0.